The summed E-state index contributed by atoms with van der Waals surface area (Å²) in [5.41, 5.74) is 1.09. The Morgan fingerprint density at radius 2 is 1.74 bits per heavy atom. The summed E-state index contributed by atoms with van der Waals surface area (Å²) < 4.78 is 45.5. The van der Waals surface area contributed by atoms with E-state index in [9.17, 15) is 14.0 Å². The van der Waals surface area contributed by atoms with E-state index in [0.717, 1.165) is 15.7 Å². The zero-order chi connectivity index (χ0) is 26.5. The van der Waals surface area contributed by atoms with Gasteiger partial charge < -0.3 is 23.7 Å². The Morgan fingerprint density at radius 1 is 1.00 bits per heavy atom. The molecule has 202 valence electrons. The van der Waals surface area contributed by atoms with Gasteiger partial charge in [-0.2, -0.15) is 0 Å². The standard InChI is InChI=1S/C28H31FN2O7/c1-19-14-30(28(33)31(26(19)32)18-34-15-20-8-4-2-5-9-20)22-16-36-23-17-37-27(21-10-6-3-7-11-21)38-25(23)24(22)35-13-12-29/h2-11,14,22-25,27H,12-13,15-18H2,1H3/t22-,23-,24+,25-,27-/m1/s1. The first-order chi connectivity index (χ1) is 18.6. The predicted molar refractivity (Wildman–Crippen MR) is 135 cm³/mol. The molecule has 1 aromatic heterocycles. The Labute approximate surface area is 219 Å². The fraction of sp³-hybridized carbons (Fsp3) is 0.429. The van der Waals surface area contributed by atoms with Gasteiger partial charge in [-0.15, -0.1) is 0 Å². The van der Waals surface area contributed by atoms with Crippen LogP contribution < -0.4 is 11.2 Å². The van der Waals surface area contributed by atoms with Gasteiger partial charge in [0.1, 0.15) is 31.7 Å². The molecule has 0 aliphatic carbocycles. The lowest BCUT2D eigenvalue weighted by atomic mass is 9.96. The van der Waals surface area contributed by atoms with Crippen molar-refractivity contribution in [3.05, 3.63) is 104 Å². The molecule has 10 heteroatoms. The van der Waals surface area contributed by atoms with Crippen LogP contribution in [0.5, 0.6) is 0 Å². The predicted octanol–water partition coefficient (Wildman–Crippen LogP) is 2.90. The molecule has 0 amide bonds. The topological polar surface area (TPSA) is 90.2 Å². The van der Waals surface area contributed by atoms with E-state index in [-0.39, 0.29) is 33.2 Å². The summed E-state index contributed by atoms with van der Waals surface area (Å²) in [6.07, 6.45) is -0.955. The summed E-state index contributed by atoms with van der Waals surface area (Å²) in [5.74, 6) is 0. The average Bonchev–Trinajstić information content (AvgIpc) is 2.96. The van der Waals surface area contributed by atoms with Crippen molar-refractivity contribution in [2.75, 3.05) is 26.5 Å². The molecular formula is C28H31FN2O7. The Balaban J connectivity index is 1.42. The van der Waals surface area contributed by atoms with Gasteiger partial charge in [0.25, 0.3) is 5.56 Å². The number of ether oxygens (including phenoxy) is 5. The summed E-state index contributed by atoms with van der Waals surface area (Å²) in [4.78, 5) is 26.4. The number of hydrogen-bond acceptors (Lipinski definition) is 7. The van der Waals surface area contributed by atoms with E-state index in [0.29, 0.717) is 5.56 Å². The van der Waals surface area contributed by atoms with Crippen LogP contribution in [0.15, 0.2) is 76.4 Å². The van der Waals surface area contributed by atoms with Crippen LogP contribution in [-0.4, -0.2) is 53.9 Å². The highest BCUT2D eigenvalue weighted by Gasteiger charge is 2.47. The Kier molecular flexibility index (Phi) is 8.45. The molecule has 2 aromatic carbocycles. The van der Waals surface area contributed by atoms with Gasteiger partial charge in [0.05, 0.1) is 32.5 Å². The van der Waals surface area contributed by atoms with E-state index in [1.807, 2.05) is 60.7 Å². The fourth-order valence-corrected chi connectivity index (χ4v) is 4.86. The molecule has 2 aliphatic rings. The lowest BCUT2D eigenvalue weighted by molar-refractivity contribution is -0.312. The Hall–Kier alpha value is -3.15. The Morgan fingerprint density at radius 3 is 2.47 bits per heavy atom. The monoisotopic (exact) mass is 526 g/mol. The second kappa shape index (κ2) is 12.1. The minimum Gasteiger partial charge on any atom is -0.371 e. The van der Waals surface area contributed by atoms with Crippen molar-refractivity contribution in [1.82, 2.24) is 9.13 Å². The molecule has 5 atom stereocenters. The molecule has 3 heterocycles. The van der Waals surface area contributed by atoms with E-state index in [1.165, 1.54) is 10.8 Å². The fourth-order valence-electron chi connectivity index (χ4n) is 4.86. The van der Waals surface area contributed by atoms with Gasteiger partial charge in [-0.25, -0.2) is 13.8 Å². The first-order valence-electron chi connectivity index (χ1n) is 12.6. The molecule has 2 fully saturated rings. The van der Waals surface area contributed by atoms with Crippen molar-refractivity contribution in [2.45, 2.75) is 50.9 Å². The molecule has 5 rings (SSSR count). The first kappa shape index (κ1) is 26.5. The maximum absolute atomic E-state index is 13.5. The normalized spacial score (nSPS) is 25.2. The molecule has 0 radical (unpaired) electrons. The van der Waals surface area contributed by atoms with Crippen LogP contribution in [0.4, 0.5) is 4.39 Å². The molecule has 3 aromatic rings. The van der Waals surface area contributed by atoms with Crippen LogP contribution in [0.2, 0.25) is 0 Å². The van der Waals surface area contributed by atoms with Crippen molar-refractivity contribution in [3.8, 4) is 0 Å². The van der Waals surface area contributed by atoms with Gasteiger partial charge in [0, 0.05) is 17.3 Å². The van der Waals surface area contributed by atoms with Crippen LogP contribution >= 0.6 is 0 Å². The number of nitrogens with zero attached hydrogens (tertiary/aromatic N) is 2. The second-order valence-electron chi connectivity index (χ2n) is 9.34. The highest BCUT2D eigenvalue weighted by Crippen LogP contribution is 2.36. The van der Waals surface area contributed by atoms with Gasteiger partial charge in [-0.3, -0.25) is 9.36 Å². The lowest BCUT2D eigenvalue weighted by Gasteiger charge is -2.46. The number of rotatable bonds is 9. The third-order valence-electron chi connectivity index (χ3n) is 6.76. The maximum Gasteiger partial charge on any atom is 0.333 e. The van der Waals surface area contributed by atoms with Crippen molar-refractivity contribution < 1.29 is 28.1 Å². The van der Waals surface area contributed by atoms with Crippen molar-refractivity contribution >= 4 is 0 Å². The highest BCUT2D eigenvalue weighted by molar-refractivity contribution is 5.17. The quantitative estimate of drug-likeness (QED) is 0.424. The van der Waals surface area contributed by atoms with E-state index >= 15 is 0 Å². The smallest absolute Gasteiger partial charge is 0.333 e. The maximum atomic E-state index is 13.5. The minimum absolute atomic E-state index is 0.100. The minimum atomic E-state index is -0.715. The number of fused-ring (bicyclic) bond motifs is 1. The summed E-state index contributed by atoms with van der Waals surface area (Å²) in [5, 5.41) is 0. The summed E-state index contributed by atoms with van der Waals surface area (Å²) in [6.45, 7) is 1.15. The molecular weight excluding hydrogens is 495 g/mol. The Bertz CT molecular complexity index is 1310. The van der Waals surface area contributed by atoms with Crippen molar-refractivity contribution in [3.63, 3.8) is 0 Å². The van der Waals surface area contributed by atoms with Crippen LogP contribution in [-0.2, 0) is 37.0 Å². The second-order valence-corrected chi connectivity index (χ2v) is 9.34. The van der Waals surface area contributed by atoms with Crippen LogP contribution in [0.1, 0.15) is 29.0 Å². The number of aryl methyl sites for hydroxylation is 1. The molecule has 2 saturated heterocycles. The lowest BCUT2D eigenvalue weighted by Crippen LogP contribution is -2.59. The van der Waals surface area contributed by atoms with Crippen molar-refractivity contribution in [1.29, 1.82) is 0 Å². The van der Waals surface area contributed by atoms with Crippen LogP contribution in [0, 0.1) is 6.92 Å². The summed E-state index contributed by atoms with van der Waals surface area (Å²) >= 11 is 0. The van der Waals surface area contributed by atoms with Gasteiger partial charge in [-0.1, -0.05) is 60.7 Å². The van der Waals surface area contributed by atoms with Crippen LogP contribution in [0.3, 0.4) is 0 Å². The van der Waals surface area contributed by atoms with E-state index in [1.54, 1.807) is 6.92 Å². The molecule has 9 nitrogen and oxygen atoms in total. The zero-order valence-corrected chi connectivity index (χ0v) is 21.1. The molecule has 0 saturated carbocycles. The average molecular weight is 527 g/mol. The number of aromatic nitrogens is 2. The van der Waals surface area contributed by atoms with Crippen LogP contribution in [0.25, 0.3) is 0 Å². The molecule has 2 aliphatic heterocycles. The summed E-state index contributed by atoms with van der Waals surface area (Å²) in [7, 11) is 0. The van der Waals surface area contributed by atoms with Gasteiger partial charge >= 0.3 is 5.69 Å². The van der Waals surface area contributed by atoms with E-state index in [4.69, 9.17) is 23.7 Å². The van der Waals surface area contributed by atoms with Crippen molar-refractivity contribution in [2.24, 2.45) is 0 Å². The summed E-state index contributed by atoms with van der Waals surface area (Å²) in [6, 6.07) is 18.3. The number of benzene rings is 2. The van der Waals surface area contributed by atoms with E-state index in [2.05, 4.69) is 0 Å². The van der Waals surface area contributed by atoms with Gasteiger partial charge in [0.2, 0.25) is 0 Å². The van der Waals surface area contributed by atoms with Gasteiger partial charge in [0.15, 0.2) is 6.29 Å². The SMILES string of the molecule is Cc1cn([C@@H]2CO[C@@H]3CO[C@@H](c4ccccc4)O[C@H]3[C@H]2OCCF)c(=O)n(COCc2ccccc2)c1=O. The zero-order valence-electron chi connectivity index (χ0n) is 21.1. The molecule has 0 unspecified atom stereocenters. The molecule has 38 heavy (non-hydrogen) atoms. The van der Waals surface area contributed by atoms with E-state index < -0.39 is 48.6 Å². The van der Waals surface area contributed by atoms with Gasteiger partial charge in [-0.05, 0) is 12.5 Å². The number of alkyl halides is 1. The molecule has 0 spiro atoms. The third kappa shape index (κ3) is 5.64. The highest BCUT2D eigenvalue weighted by atomic mass is 19.1. The number of hydrogen-bond donors (Lipinski definition) is 0. The number of halogens is 1. The third-order valence-corrected chi connectivity index (χ3v) is 6.76. The first-order valence-corrected chi connectivity index (χ1v) is 12.6. The molecule has 0 bridgehead atoms. The largest absolute Gasteiger partial charge is 0.371 e. The molecule has 0 N–H and O–H groups in total.